The van der Waals surface area contributed by atoms with E-state index < -0.39 is 0 Å². The Morgan fingerprint density at radius 3 is 2.54 bits per heavy atom. The van der Waals surface area contributed by atoms with E-state index >= 15 is 0 Å². The van der Waals surface area contributed by atoms with E-state index in [1.165, 1.54) is 0 Å². The van der Waals surface area contributed by atoms with E-state index in [-0.39, 0.29) is 0 Å². The standard InChI is InChI=1S/C17H12N6O/c1-24-11-8-6-10(7-9-11)15-20-22-17-21-19-14-12-4-2-3-5-13(12)18-16(14)23(15)17/h2-9,18H,1H3. The largest absolute Gasteiger partial charge is 0.497 e. The monoisotopic (exact) mass is 316 g/mol. The number of aromatic nitrogens is 6. The van der Waals surface area contributed by atoms with Gasteiger partial charge in [0.05, 0.1) is 7.11 Å². The Morgan fingerprint density at radius 2 is 1.71 bits per heavy atom. The molecule has 7 heteroatoms. The molecule has 3 heterocycles. The van der Waals surface area contributed by atoms with Gasteiger partial charge in [0, 0.05) is 16.5 Å². The molecule has 5 rings (SSSR count). The number of H-pyrrole nitrogens is 1. The highest BCUT2D eigenvalue weighted by Gasteiger charge is 2.16. The first-order chi connectivity index (χ1) is 11.8. The lowest BCUT2D eigenvalue weighted by Gasteiger charge is -2.02. The molecule has 0 unspecified atom stereocenters. The minimum atomic E-state index is 0.458. The zero-order valence-corrected chi connectivity index (χ0v) is 12.8. The summed E-state index contributed by atoms with van der Waals surface area (Å²) in [5.41, 5.74) is 3.56. The predicted molar refractivity (Wildman–Crippen MR) is 89.9 cm³/mol. The molecule has 0 saturated heterocycles. The van der Waals surface area contributed by atoms with E-state index in [0.29, 0.717) is 11.6 Å². The van der Waals surface area contributed by atoms with Gasteiger partial charge in [-0.15, -0.1) is 20.4 Å². The van der Waals surface area contributed by atoms with E-state index in [2.05, 4.69) is 25.4 Å². The van der Waals surface area contributed by atoms with Crippen molar-refractivity contribution in [2.45, 2.75) is 0 Å². The van der Waals surface area contributed by atoms with Crippen LogP contribution in [0.2, 0.25) is 0 Å². The summed E-state index contributed by atoms with van der Waals surface area (Å²) in [5.74, 6) is 1.96. The second-order valence-corrected chi connectivity index (χ2v) is 5.46. The van der Waals surface area contributed by atoms with Crippen molar-refractivity contribution in [2.24, 2.45) is 0 Å². The van der Waals surface area contributed by atoms with Gasteiger partial charge in [0.25, 0.3) is 5.78 Å². The molecule has 0 aliphatic heterocycles. The number of hydrogen-bond acceptors (Lipinski definition) is 5. The summed E-state index contributed by atoms with van der Waals surface area (Å²) >= 11 is 0. The Kier molecular flexibility index (Phi) is 2.58. The maximum absolute atomic E-state index is 5.21. The molecule has 24 heavy (non-hydrogen) atoms. The zero-order chi connectivity index (χ0) is 16.1. The summed E-state index contributed by atoms with van der Waals surface area (Å²) in [6, 6.07) is 15.7. The number of nitrogens with zero attached hydrogens (tertiary/aromatic N) is 5. The van der Waals surface area contributed by atoms with Crippen molar-refractivity contribution in [3.05, 3.63) is 48.5 Å². The van der Waals surface area contributed by atoms with Crippen molar-refractivity contribution in [3.63, 3.8) is 0 Å². The smallest absolute Gasteiger partial charge is 0.276 e. The average Bonchev–Trinajstić information content (AvgIpc) is 3.23. The Hall–Kier alpha value is -3.48. The molecule has 0 saturated carbocycles. The van der Waals surface area contributed by atoms with Crippen LogP contribution in [-0.4, -0.2) is 36.9 Å². The Morgan fingerprint density at radius 1 is 0.917 bits per heavy atom. The van der Waals surface area contributed by atoms with Gasteiger partial charge in [-0.3, -0.25) is 0 Å². The predicted octanol–water partition coefficient (Wildman–Crippen LogP) is 2.83. The highest BCUT2D eigenvalue weighted by molar-refractivity contribution is 6.03. The number of aromatic amines is 1. The first kappa shape index (κ1) is 13.0. The quantitative estimate of drug-likeness (QED) is 0.541. The fourth-order valence-electron chi connectivity index (χ4n) is 2.94. The molecular formula is C17H12N6O. The molecule has 7 nitrogen and oxygen atoms in total. The first-order valence-corrected chi connectivity index (χ1v) is 7.48. The van der Waals surface area contributed by atoms with E-state index in [0.717, 1.165) is 33.4 Å². The number of benzene rings is 2. The van der Waals surface area contributed by atoms with Gasteiger partial charge < -0.3 is 9.72 Å². The molecule has 0 aliphatic rings. The number of nitrogens with one attached hydrogen (secondary N) is 1. The molecule has 1 N–H and O–H groups in total. The summed E-state index contributed by atoms with van der Waals surface area (Å²) in [6.07, 6.45) is 0. The molecule has 0 atom stereocenters. The molecule has 0 spiro atoms. The van der Waals surface area contributed by atoms with Crippen LogP contribution < -0.4 is 4.74 Å². The van der Waals surface area contributed by atoms with Gasteiger partial charge in [0.15, 0.2) is 5.82 Å². The van der Waals surface area contributed by atoms with Crippen LogP contribution in [0.1, 0.15) is 0 Å². The van der Waals surface area contributed by atoms with Crippen LogP contribution in [0.3, 0.4) is 0 Å². The molecule has 2 aromatic carbocycles. The number of fused-ring (bicyclic) bond motifs is 5. The van der Waals surface area contributed by atoms with Crippen LogP contribution in [0, 0.1) is 0 Å². The molecule has 0 amide bonds. The number of para-hydroxylation sites is 1. The third-order valence-electron chi connectivity index (χ3n) is 4.12. The fourth-order valence-corrected chi connectivity index (χ4v) is 2.94. The van der Waals surface area contributed by atoms with Crippen LogP contribution >= 0.6 is 0 Å². The normalized spacial score (nSPS) is 11.5. The summed E-state index contributed by atoms with van der Waals surface area (Å²) in [6.45, 7) is 0. The molecule has 0 aliphatic carbocycles. The van der Waals surface area contributed by atoms with Crippen LogP contribution in [0.15, 0.2) is 48.5 Å². The van der Waals surface area contributed by atoms with Crippen molar-refractivity contribution in [1.29, 1.82) is 0 Å². The third kappa shape index (κ3) is 1.72. The summed E-state index contributed by atoms with van der Waals surface area (Å²) in [5, 5.41) is 18.0. The fraction of sp³-hybridized carbons (Fsp3) is 0.0588. The van der Waals surface area contributed by atoms with Gasteiger partial charge in [0.1, 0.15) is 16.9 Å². The van der Waals surface area contributed by atoms with Gasteiger partial charge in [-0.2, -0.15) is 0 Å². The Balaban J connectivity index is 1.85. The van der Waals surface area contributed by atoms with Crippen molar-refractivity contribution in [1.82, 2.24) is 29.8 Å². The lowest BCUT2D eigenvalue weighted by atomic mass is 10.2. The third-order valence-corrected chi connectivity index (χ3v) is 4.12. The van der Waals surface area contributed by atoms with Gasteiger partial charge >= 0.3 is 0 Å². The Labute approximate surface area is 135 Å². The van der Waals surface area contributed by atoms with Crippen molar-refractivity contribution < 1.29 is 4.74 Å². The topological polar surface area (TPSA) is 81.0 Å². The minimum Gasteiger partial charge on any atom is -0.497 e. The van der Waals surface area contributed by atoms with Crippen molar-refractivity contribution in [3.8, 4) is 17.1 Å². The lowest BCUT2D eigenvalue weighted by Crippen LogP contribution is -1.96. The number of methoxy groups -OCH3 is 1. The van der Waals surface area contributed by atoms with Crippen molar-refractivity contribution >= 4 is 27.8 Å². The van der Waals surface area contributed by atoms with Crippen LogP contribution in [0.25, 0.3) is 39.2 Å². The molecule has 0 bridgehead atoms. The summed E-state index contributed by atoms with van der Waals surface area (Å²) in [4.78, 5) is 3.40. The van der Waals surface area contributed by atoms with Gasteiger partial charge in [0.2, 0.25) is 0 Å². The maximum Gasteiger partial charge on any atom is 0.276 e. The molecule has 5 aromatic rings. The van der Waals surface area contributed by atoms with E-state index in [1.807, 2.05) is 52.9 Å². The van der Waals surface area contributed by atoms with E-state index in [4.69, 9.17) is 4.74 Å². The second kappa shape index (κ2) is 4.76. The van der Waals surface area contributed by atoms with Crippen LogP contribution in [0.4, 0.5) is 0 Å². The van der Waals surface area contributed by atoms with E-state index in [9.17, 15) is 0 Å². The van der Waals surface area contributed by atoms with Crippen molar-refractivity contribution in [2.75, 3.05) is 7.11 Å². The Bertz CT molecular complexity index is 1190. The summed E-state index contributed by atoms with van der Waals surface area (Å²) < 4.78 is 7.11. The first-order valence-electron chi connectivity index (χ1n) is 7.48. The van der Waals surface area contributed by atoms with Gasteiger partial charge in [-0.05, 0) is 30.3 Å². The van der Waals surface area contributed by atoms with Gasteiger partial charge in [-0.1, -0.05) is 18.2 Å². The number of ether oxygens (including phenoxy) is 1. The average molecular weight is 316 g/mol. The lowest BCUT2D eigenvalue weighted by molar-refractivity contribution is 0.415. The maximum atomic E-state index is 5.21. The molecular weight excluding hydrogens is 304 g/mol. The molecule has 0 fully saturated rings. The zero-order valence-electron chi connectivity index (χ0n) is 12.8. The van der Waals surface area contributed by atoms with Crippen LogP contribution in [0.5, 0.6) is 5.75 Å². The SMILES string of the molecule is COc1ccc(-c2nnc3nnc4c5ccccc5[nH]c4n23)cc1. The number of hydrogen-bond donors (Lipinski definition) is 1. The van der Waals surface area contributed by atoms with Crippen LogP contribution in [-0.2, 0) is 0 Å². The van der Waals surface area contributed by atoms with Gasteiger partial charge in [-0.25, -0.2) is 4.40 Å². The highest BCUT2D eigenvalue weighted by Crippen LogP contribution is 2.27. The molecule has 116 valence electrons. The molecule has 3 aromatic heterocycles. The van der Waals surface area contributed by atoms with E-state index in [1.54, 1.807) is 7.11 Å². The highest BCUT2D eigenvalue weighted by atomic mass is 16.5. The molecule has 0 radical (unpaired) electrons. The second-order valence-electron chi connectivity index (χ2n) is 5.46. The number of rotatable bonds is 2. The summed E-state index contributed by atoms with van der Waals surface area (Å²) in [7, 11) is 1.64. The minimum absolute atomic E-state index is 0.458.